The van der Waals surface area contributed by atoms with Crippen LogP contribution >= 0.6 is 11.6 Å². The lowest BCUT2D eigenvalue weighted by atomic mass is 9.90. The molecule has 0 radical (unpaired) electrons. The topological polar surface area (TPSA) is 49.7 Å². The third-order valence-electron chi connectivity index (χ3n) is 5.95. The number of H-pyrrole nitrogens is 1. The summed E-state index contributed by atoms with van der Waals surface area (Å²) in [6.07, 6.45) is 4.33. The second kappa shape index (κ2) is 8.10. The molecule has 3 heterocycles. The highest BCUT2D eigenvalue weighted by atomic mass is 35.5. The van der Waals surface area contributed by atoms with E-state index in [0.29, 0.717) is 5.92 Å². The second-order valence-corrected chi connectivity index (χ2v) is 8.18. The van der Waals surface area contributed by atoms with E-state index in [2.05, 4.69) is 57.8 Å². The molecule has 1 saturated heterocycles. The predicted octanol–water partition coefficient (Wildman–Crippen LogP) is 4.94. The maximum atomic E-state index is 6.06. The van der Waals surface area contributed by atoms with Gasteiger partial charge in [0.1, 0.15) is 0 Å². The van der Waals surface area contributed by atoms with Gasteiger partial charge in [-0.1, -0.05) is 23.7 Å². The fourth-order valence-corrected chi connectivity index (χ4v) is 4.52. The number of likely N-dealkylation sites (tertiary alicyclic amines) is 1. The lowest BCUT2D eigenvalue weighted by Crippen LogP contribution is -2.34. The summed E-state index contributed by atoms with van der Waals surface area (Å²) in [5.41, 5.74) is 7.43. The number of rotatable bonds is 5. The minimum atomic E-state index is 0.462. The number of halogens is 1. The third-order valence-corrected chi connectivity index (χ3v) is 6.20. The molecule has 148 valence electrons. The van der Waals surface area contributed by atoms with Crippen LogP contribution in [0.25, 0.3) is 11.1 Å². The number of benzene rings is 1. The lowest BCUT2D eigenvalue weighted by molar-refractivity contribution is 0.198. The summed E-state index contributed by atoms with van der Waals surface area (Å²) >= 11 is 6.06. The number of aromatic amines is 1. The molecule has 1 atom stereocenters. The Bertz CT molecular complexity index is 940. The first-order valence-corrected chi connectivity index (χ1v) is 10.5. The molecule has 1 fully saturated rings. The van der Waals surface area contributed by atoms with Crippen molar-refractivity contribution in [3.8, 4) is 11.1 Å². The van der Waals surface area contributed by atoms with Gasteiger partial charge in [-0.2, -0.15) is 10.2 Å². The van der Waals surface area contributed by atoms with E-state index >= 15 is 0 Å². The van der Waals surface area contributed by atoms with Crippen molar-refractivity contribution in [2.75, 3.05) is 13.1 Å². The van der Waals surface area contributed by atoms with Crippen LogP contribution in [0.1, 0.15) is 48.3 Å². The van der Waals surface area contributed by atoms with Crippen molar-refractivity contribution in [1.29, 1.82) is 0 Å². The maximum absolute atomic E-state index is 6.06. The predicted molar refractivity (Wildman–Crippen MR) is 114 cm³/mol. The van der Waals surface area contributed by atoms with E-state index in [4.69, 9.17) is 11.6 Å². The van der Waals surface area contributed by atoms with Crippen LogP contribution in [0.5, 0.6) is 0 Å². The van der Waals surface area contributed by atoms with Gasteiger partial charge in [0, 0.05) is 53.1 Å². The molecule has 1 aromatic carbocycles. The number of hydrogen-bond acceptors (Lipinski definition) is 3. The fourth-order valence-electron chi connectivity index (χ4n) is 4.40. The van der Waals surface area contributed by atoms with Crippen LogP contribution in [0.3, 0.4) is 0 Å². The normalized spacial score (nSPS) is 17.9. The van der Waals surface area contributed by atoms with Crippen molar-refractivity contribution in [3.63, 3.8) is 0 Å². The Balaban J connectivity index is 1.53. The number of aryl methyl sites for hydroxylation is 2. The van der Waals surface area contributed by atoms with E-state index in [1.165, 1.54) is 40.9 Å². The highest BCUT2D eigenvalue weighted by molar-refractivity contribution is 6.30. The number of nitrogens with one attached hydrogen (secondary N) is 1. The zero-order valence-corrected chi connectivity index (χ0v) is 17.6. The Labute approximate surface area is 171 Å². The molecule has 1 aliphatic rings. The van der Waals surface area contributed by atoms with Gasteiger partial charge in [0.15, 0.2) is 0 Å². The Morgan fingerprint density at radius 1 is 1.21 bits per heavy atom. The first-order valence-electron chi connectivity index (χ1n) is 10.1. The Kier molecular flexibility index (Phi) is 5.56. The van der Waals surface area contributed by atoms with Crippen LogP contribution in [0.4, 0.5) is 0 Å². The molecular weight excluding hydrogens is 370 g/mol. The van der Waals surface area contributed by atoms with Crippen molar-refractivity contribution < 1.29 is 0 Å². The lowest BCUT2D eigenvalue weighted by Gasteiger charge is -2.32. The Morgan fingerprint density at radius 3 is 2.71 bits per heavy atom. The van der Waals surface area contributed by atoms with Crippen LogP contribution in [0.2, 0.25) is 5.02 Å². The van der Waals surface area contributed by atoms with Gasteiger partial charge in [-0.25, -0.2) is 0 Å². The smallest absolute Gasteiger partial charge is 0.0641 e. The second-order valence-electron chi connectivity index (χ2n) is 7.74. The summed E-state index contributed by atoms with van der Waals surface area (Å²) in [6.45, 7) is 10.5. The molecule has 0 amide bonds. The molecule has 1 N–H and O–H groups in total. The van der Waals surface area contributed by atoms with Crippen molar-refractivity contribution in [2.24, 2.45) is 0 Å². The number of piperidine rings is 1. The van der Waals surface area contributed by atoms with E-state index in [9.17, 15) is 0 Å². The van der Waals surface area contributed by atoms with Crippen LogP contribution < -0.4 is 0 Å². The van der Waals surface area contributed by atoms with Gasteiger partial charge in [-0.3, -0.25) is 14.7 Å². The van der Waals surface area contributed by atoms with E-state index in [-0.39, 0.29) is 0 Å². The molecular formula is C22H28ClN5. The molecule has 3 aromatic rings. The van der Waals surface area contributed by atoms with Crippen LogP contribution in [0, 0.1) is 13.8 Å². The summed E-state index contributed by atoms with van der Waals surface area (Å²) in [5, 5.41) is 13.1. The minimum Gasteiger partial charge on any atom is -0.298 e. The highest BCUT2D eigenvalue weighted by Crippen LogP contribution is 2.34. The van der Waals surface area contributed by atoms with Gasteiger partial charge >= 0.3 is 0 Å². The van der Waals surface area contributed by atoms with Crippen molar-refractivity contribution in [2.45, 2.75) is 52.6 Å². The molecule has 6 heteroatoms. The average molecular weight is 398 g/mol. The number of hydrogen-bond donors (Lipinski definition) is 1. The Hall–Kier alpha value is -2.11. The summed E-state index contributed by atoms with van der Waals surface area (Å²) < 4.78 is 2.11. The largest absolute Gasteiger partial charge is 0.298 e. The summed E-state index contributed by atoms with van der Waals surface area (Å²) in [4.78, 5) is 2.57. The summed E-state index contributed by atoms with van der Waals surface area (Å²) in [6, 6.07) is 8.03. The fraction of sp³-hybridized carbons (Fsp3) is 0.455. The molecule has 2 aromatic heterocycles. The molecule has 0 spiro atoms. The molecule has 1 aliphatic heterocycles. The first kappa shape index (κ1) is 19.2. The average Bonchev–Trinajstić information content (AvgIpc) is 3.29. The maximum Gasteiger partial charge on any atom is 0.0641 e. The first-order chi connectivity index (χ1) is 13.6. The number of nitrogens with zero attached hydrogens (tertiary/aromatic N) is 4. The quantitative estimate of drug-likeness (QED) is 0.663. The standard InChI is InChI=1S/C22H28ClN5/c1-4-28-16(3)21(15(2)26-28)14-27-11-5-6-18(13-27)22-20(12-24-25-22)17-7-9-19(23)10-8-17/h7-10,12,18H,4-6,11,13-14H2,1-3H3,(H,24,25)/t18-/m1/s1. The summed E-state index contributed by atoms with van der Waals surface area (Å²) in [7, 11) is 0. The van der Waals surface area contributed by atoms with E-state index in [0.717, 1.165) is 36.9 Å². The van der Waals surface area contributed by atoms with Crippen molar-refractivity contribution in [1.82, 2.24) is 24.9 Å². The van der Waals surface area contributed by atoms with Gasteiger partial charge in [-0.05, 0) is 57.9 Å². The number of aromatic nitrogens is 4. The minimum absolute atomic E-state index is 0.462. The van der Waals surface area contributed by atoms with E-state index < -0.39 is 0 Å². The summed E-state index contributed by atoms with van der Waals surface area (Å²) in [5.74, 6) is 0.462. The Morgan fingerprint density at radius 2 is 2.00 bits per heavy atom. The third kappa shape index (κ3) is 3.74. The molecule has 28 heavy (non-hydrogen) atoms. The van der Waals surface area contributed by atoms with Crippen LogP contribution in [0.15, 0.2) is 30.5 Å². The molecule has 0 bridgehead atoms. The van der Waals surface area contributed by atoms with Crippen molar-refractivity contribution in [3.05, 3.63) is 58.1 Å². The van der Waals surface area contributed by atoms with Crippen molar-refractivity contribution >= 4 is 11.6 Å². The molecule has 5 nitrogen and oxygen atoms in total. The highest BCUT2D eigenvalue weighted by Gasteiger charge is 2.26. The van der Waals surface area contributed by atoms with Gasteiger partial charge in [0.25, 0.3) is 0 Å². The molecule has 0 saturated carbocycles. The van der Waals surface area contributed by atoms with E-state index in [1.807, 2.05) is 18.3 Å². The monoisotopic (exact) mass is 397 g/mol. The van der Waals surface area contributed by atoms with Gasteiger partial charge in [0.05, 0.1) is 11.9 Å². The van der Waals surface area contributed by atoms with Gasteiger partial charge < -0.3 is 0 Å². The van der Waals surface area contributed by atoms with E-state index in [1.54, 1.807) is 0 Å². The molecule has 4 rings (SSSR count). The van der Waals surface area contributed by atoms with Gasteiger partial charge in [0.2, 0.25) is 0 Å². The molecule has 0 unspecified atom stereocenters. The zero-order valence-electron chi connectivity index (χ0n) is 16.9. The van der Waals surface area contributed by atoms with Crippen LogP contribution in [-0.2, 0) is 13.1 Å². The van der Waals surface area contributed by atoms with Crippen LogP contribution in [-0.4, -0.2) is 38.0 Å². The zero-order chi connectivity index (χ0) is 19.7. The SMILES string of the molecule is CCn1nc(C)c(CN2CCC[C@@H](c3[nH]ncc3-c3ccc(Cl)cc3)C2)c1C. The van der Waals surface area contributed by atoms with Gasteiger partial charge in [-0.15, -0.1) is 0 Å². The molecule has 0 aliphatic carbocycles.